The van der Waals surface area contributed by atoms with E-state index in [1.165, 1.54) is 5.56 Å². The van der Waals surface area contributed by atoms with Crippen molar-refractivity contribution in [2.24, 2.45) is 5.92 Å². The highest BCUT2D eigenvalue weighted by atomic mass is 16.2. The summed E-state index contributed by atoms with van der Waals surface area (Å²) in [5.41, 5.74) is 1.21. The van der Waals surface area contributed by atoms with E-state index in [4.69, 9.17) is 0 Å². The molecule has 3 rings (SSSR count). The number of amides is 2. The van der Waals surface area contributed by atoms with Crippen LogP contribution in [0.2, 0.25) is 0 Å². The van der Waals surface area contributed by atoms with Crippen molar-refractivity contribution in [2.45, 2.75) is 52.0 Å². The smallest absolute Gasteiger partial charge is 0.225 e. The molecule has 5 heteroatoms. The van der Waals surface area contributed by atoms with Gasteiger partial charge >= 0.3 is 0 Å². The summed E-state index contributed by atoms with van der Waals surface area (Å²) < 4.78 is 0. The zero-order valence-corrected chi connectivity index (χ0v) is 17.5. The Morgan fingerprint density at radius 1 is 0.964 bits per heavy atom. The van der Waals surface area contributed by atoms with Crippen molar-refractivity contribution < 1.29 is 9.59 Å². The van der Waals surface area contributed by atoms with Gasteiger partial charge in [0.25, 0.3) is 0 Å². The molecule has 1 aromatic carbocycles. The molecule has 0 aliphatic carbocycles. The molecule has 154 valence electrons. The minimum atomic E-state index is 0.0913. The summed E-state index contributed by atoms with van der Waals surface area (Å²) in [7, 11) is 0. The Hall–Kier alpha value is -1.88. The lowest BCUT2D eigenvalue weighted by molar-refractivity contribution is -0.140. The lowest BCUT2D eigenvalue weighted by atomic mass is 9.95. The highest BCUT2D eigenvalue weighted by molar-refractivity contribution is 5.80. The van der Waals surface area contributed by atoms with Crippen LogP contribution in [0.3, 0.4) is 0 Å². The molecule has 1 aromatic rings. The van der Waals surface area contributed by atoms with Crippen LogP contribution in [0.1, 0.15) is 45.1 Å². The summed E-state index contributed by atoms with van der Waals surface area (Å²) in [6.07, 6.45) is 4.05. The third-order valence-corrected chi connectivity index (χ3v) is 6.47. The molecule has 2 aliphatic rings. The second-order valence-corrected chi connectivity index (χ2v) is 8.09. The number of benzene rings is 1. The first-order valence-electron chi connectivity index (χ1n) is 11.0. The van der Waals surface area contributed by atoms with E-state index in [9.17, 15) is 9.59 Å². The van der Waals surface area contributed by atoms with E-state index in [2.05, 4.69) is 35.8 Å². The average molecular weight is 386 g/mol. The van der Waals surface area contributed by atoms with Crippen molar-refractivity contribution >= 4 is 11.8 Å². The van der Waals surface area contributed by atoms with Gasteiger partial charge in [-0.05, 0) is 44.3 Å². The van der Waals surface area contributed by atoms with Gasteiger partial charge in [0.05, 0.1) is 0 Å². The van der Waals surface area contributed by atoms with Crippen molar-refractivity contribution in [3.63, 3.8) is 0 Å². The van der Waals surface area contributed by atoms with Crippen LogP contribution >= 0.6 is 0 Å². The van der Waals surface area contributed by atoms with E-state index in [0.717, 1.165) is 65.0 Å². The number of aryl methyl sites for hydroxylation is 1. The van der Waals surface area contributed by atoms with Gasteiger partial charge in [0, 0.05) is 44.6 Å². The molecule has 0 saturated carbocycles. The van der Waals surface area contributed by atoms with Crippen molar-refractivity contribution in [1.29, 1.82) is 0 Å². The molecule has 2 amide bonds. The summed E-state index contributed by atoms with van der Waals surface area (Å²) in [6, 6.07) is 10.7. The van der Waals surface area contributed by atoms with Gasteiger partial charge in [0.1, 0.15) is 0 Å². The Bertz CT molecular complexity index is 637. The molecule has 0 bridgehead atoms. The van der Waals surface area contributed by atoms with Crippen LogP contribution in [0.5, 0.6) is 0 Å². The van der Waals surface area contributed by atoms with Crippen molar-refractivity contribution in [1.82, 2.24) is 14.7 Å². The monoisotopic (exact) mass is 385 g/mol. The van der Waals surface area contributed by atoms with Gasteiger partial charge in [-0.3, -0.25) is 14.5 Å². The van der Waals surface area contributed by atoms with Gasteiger partial charge in [0.15, 0.2) is 0 Å². The molecule has 5 nitrogen and oxygen atoms in total. The second kappa shape index (κ2) is 10.1. The number of hydrogen-bond donors (Lipinski definition) is 0. The topological polar surface area (TPSA) is 43.9 Å². The Kier molecular flexibility index (Phi) is 7.49. The van der Waals surface area contributed by atoms with Gasteiger partial charge in [-0.15, -0.1) is 0 Å². The first-order chi connectivity index (χ1) is 13.6. The summed E-state index contributed by atoms with van der Waals surface area (Å²) >= 11 is 0. The average Bonchev–Trinajstić information content (AvgIpc) is 3.23. The van der Waals surface area contributed by atoms with Crippen LogP contribution in [0.4, 0.5) is 0 Å². The Labute approximate surface area is 169 Å². The molecule has 0 spiro atoms. The highest BCUT2D eigenvalue weighted by Gasteiger charge is 2.34. The van der Waals surface area contributed by atoms with Gasteiger partial charge in [-0.25, -0.2) is 0 Å². The molecule has 2 heterocycles. The van der Waals surface area contributed by atoms with E-state index in [-0.39, 0.29) is 11.8 Å². The fraction of sp³-hybridized carbons (Fsp3) is 0.652. The number of hydrogen-bond acceptors (Lipinski definition) is 3. The summed E-state index contributed by atoms with van der Waals surface area (Å²) in [5, 5.41) is 0. The molecule has 0 aromatic heterocycles. The standard InChI is InChI=1S/C23H35N3O2/c1-3-24(4-2)21-14-17-26(18-21)23(28)20-12-15-25(16-13-20)22(27)11-10-19-8-6-5-7-9-19/h5-9,20-21H,3-4,10-18H2,1-2H3/t21-/m1/s1. The quantitative estimate of drug-likeness (QED) is 0.725. The number of carbonyl (C=O) groups excluding carboxylic acids is 2. The number of likely N-dealkylation sites (tertiary alicyclic amines) is 2. The van der Waals surface area contributed by atoms with E-state index in [1.54, 1.807) is 0 Å². The van der Waals surface area contributed by atoms with Crippen LogP contribution in [0.25, 0.3) is 0 Å². The van der Waals surface area contributed by atoms with E-state index in [0.29, 0.717) is 18.4 Å². The fourth-order valence-electron chi connectivity index (χ4n) is 4.67. The molecule has 0 N–H and O–H groups in total. The first kappa shape index (κ1) is 20.8. The van der Waals surface area contributed by atoms with Gasteiger partial charge in [-0.1, -0.05) is 44.2 Å². The SMILES string of the molecule is CCN(CC)[C@@H]1CCN(C(=O)C2CCN(C(=O)CCc3ccccc3)CC2)C1. The summed E-state index contributed by atoms with van der Waals surface area (Å²) in [4.78, 5) is 31.9. The molecule has 1 atom stereocenters. The molecule has 2 saturated heterocycles. The third kappa shape index (κ3) is 5.13. The van der Waals surface area contributed by atoms with Crippen LogP contribution in [-0.2, 0) is 16.0 Å². The zero-order valence-electron chi connectivity index (χ0n) is 17.5. The number of likely N-dealkylation sites (N-methyl/N-ethyl adjacent to an activating group) is 1. The molecular formula is C23H35N3O2. The molecule has 28 heavy (non-hydrogen) atoms. The maximum absolute atomic E-state index is 12.9. The lowest BCUT2D eigenvalue weighted by Crippen LogP contribution is -2.45. The van der Waals surface area contributed by atoms with E-state index >= 15 is 0 Å². The number of piperidine rings is 1. The number of nitrogens with zero attached hydrogens (tertiary/aromatic N) is 3. The predicted octanol–water partition coefficient (Wildman–Crippen LogP) is 2.80. The second-order valence-electron chi connectivity index (χ2n) is 8.09. The zero-order chi connectivity index (χ0) is 19.9. The fourth-order valence-corrected chi connectivity index (χ4v) is 4.67. The van der Waals surface area contributed by atoms with Crippen LogP contribution in [-0.4, -0.2) is 71.8 Å². The van der Waals surface area contributed by atoms with Crippen molar-refractivity contribution in [3.05, 3.63) is 35.9 Å². The lowest BCUT2D eigenvalue weighted by Gasteiger charge is -2.33. The van der Waals surface area contributed by atoms with E-state index < -0.39 is 0 Å². The molecular weight excluding hydrogens is 350 g/mol. The molecule has 2 fully saturated rings. The van der Waals surface area contributed by atoms with Crippen molar-refractivity contribution in [3.8, 4) is 0 Å². The highest BCUT2D eigenvalue weighted by Crippen LogP contribution is 2.24. The minimum Gasteiger partial charge on any atom is -0.343 e. The van der Waals surface area contributed by atoms with Gasteiger partial charge < -0.3 is 9.80 Å². The van der Waals surface area contributed by atoms with Gasteiger partial charge in [0.2, 0.25) is 11.8 Å². The number of rotatable bonds is 7. The Morgan fingerprint density at radius 3 is 2.25 bits per heavy atom. The predicted molar refractivity (Wildman–Crippen MR) is 112 cm³/mol. The minimum absolute atomic E-state index is 0.0913. The third-order valence-electron chi connectivity index (χ3n) is 6.47. The largest absolute Gasteiger partial charge is 0.343 e. The maximum atomic E-state index is 12.9. The van der Waals surface area contributed by atoms with Crippen molar-refractivity contribution in [2.75, 3.05) is 39.3 Å². The van der Waals surface area contributed by atoms with Crippen LogP contribution in [0.15, 0.2) is 30.3 Å². The molecule has 0 radical (unpaired) electrons. The van der Waals surface area contributed by atoms with Crippen LogP contribution < -0.4 is 0 Å². The first-order valence-corrected chi connectivity index (χ1v) is 11.0. The Balaban J connectivity index is 1.42. The van der Waals surface area contributed by atoms with Gasteiger partial charge in [-0.2, -0.15) is 0 Å². The Morgan fingerprint density at radius 2 is 1.61 bits per heavy atom. The van der Waals surface area contributed by atoms with E-state index in [1.807, 2.05) is 23.1 Å². The molecule has 2 aliphatic heterocycles. The molecule has 0 unspecified atom stereocenters. The summed E-state index contributed by atoms with van der Waals surface area (Å²) in [5.74, 6) is 0.622. The summed E-state index contributed by atoms with van der Waals surface area (Å²) in [6.45, 7) is 9.68. The maximum Gasteiger partial charge on any atom is 0.225 e. The number of carbonyl (C=O) groups is 2. The van der Waals surface area contributed by atoms with Crippen LogP contribution in [0, 0.1) is 5.92 Å². The normalized spacial score (nSPS) is 20.8.